The van der Waals surface area contributed by atoms with Crippen LogP contribution in [0.5, 0.6) is 0 Å². The Balaban J connectivity index is 1.72. The lowest BCUT2D eigenvalue weighted by atomic mass is 10.0. The number of halogens is 1. The molecule has 1 saturated heterocycles. The number of aryl methyl sites for hydroxylation is 2. The van der Waals surface area contributed by atoms with E-state index in [0.29, 0.717) is 35.2 Å². The van der Waals surface area contributed by atoms with Crippen LogP contribution in [0.2, 0.25) is 0 Å². The van der Waals surface area contributed by atoms with E-state index in [-0.39, 0.29) is 11.8 Å². The van der Waals surface area contributed by atoms with E-state index in [9.17, 15) is 14.0 Å². The lowest BCUT2D eigenvalue weighted by Gasteiger charge is -2.35. The molecule has 0 unspecified atom stereocenters. The summed E-state index contributed by atoms with van der Waals surface area (Å²) in [7, 11) is 0. The van der Waals surface area contributed by atoms with Gasteiger partial charge in [0, 0.05) is 18.7 Å². The molecule has 6 nitrogen and oxygen atoms in total. The molecule has 0 saturated carbocycles. The van der Waals surface area contributed by atoms with Crippen LogP contribution in [-0.4, -0.2) is 39.8 Å². The third-order valence-corrected chi connectivity index (χ3v) is 4.98. The molecular formula is C21H19FN4O2. The van der Waals surface area contributed by atoms with Gasteiger partial charge in [0.05, 0.1) is 22.4 Å². The monoisotopic (exact) mass is 378 g/mol. The number of piperazine rings is 1. The molecule has 1 N–H and O–H groups in total. The Morgan fingerprint density at radius 2 is 1.75 bits per heavy atom. The summed E-state index contributed by atoms with van der Waals surface area (Å²) in [6.07, 6.45) is 0. The largest absolute Gasteiger partial charge is 0.352 e. The molecule has 0 spiro atoms. The first-order chi connectivity index (χ1) is 13.4. The average molecular weight is 378 g/mol. The van der Waals surface area contributed by atoms with Crippen molar-refractivity contribution in [3.05, 3.63) is 70.8 Å². The van der Waals surface area contributed by atoms with E-state index < -0.39 is 11.9 Å². The van der Waals surface area contributed by atoms with Crippen molar-refractivity contribution < 1.29 is 14.0 Å². The van der Waals surface area contributed by atoms with Crippen LogP contribution in [0.4, 0.5) is 4.39 Å². The molecule has 1 atom stereocenters. The molecule has 28 heavy (non-hydrogen) atoms. The highest BCUT2D eigenvalue weighted by Gasteiger charge is 2.34. The van der Waals surface area contributed by atoms with E-state index in [1.807, 2.05) is 13.8 Å². The minimum Gasteiger partial charge on any atom is -0.352 e. The van der Waals surface area contributed by atoms with Crippen molar-refractivity contribution in [1.82, 2.24) is 20.2 Å². The first kappa shape index (κ1) is 18.0. The van der Waals surface area contributed by atoms with Gasteiger partial charge in [-0.3, -0.25) is 9.59 Å². The molecule has 3 aromatic rings. The second kappa shape index (κ2) is 6.99. The predicted molar refractivity (Wildman–Crippen MR) is 102 cm³/mol. The molecule has 1 aliphatic rings. The number of nitrogens with one attached hydrogen (secondary N) is 1. The summed E-state index contributed by atoms with van der Waals surface area (Å²) < 4.78 is 13.3. The molecule has 1 fully saturated rings. The summed E-state index contributed by atoms with van der Waals surface area (Å²) in [6, 6.07) is 10.00. The van der Waals surface area contributed by atoms with Crippen LogP contribution < -0.4 is 5.32 Å². The van der Waals surface area contributed by atoms with Gasteiger partial charge in [0.1, 0.15) is 11.9 Å². The zero-order valence-corrected chi connectivity index (χ0v) is 15.6. The Hall–Kier alpha value is -3.35. The van der Waals surface area contributed by atoms with Gasteiger partial charge in [-0.05, 0) is 49.7 Å². The Kier molecular flexibility index (Phi) is 4.50. The highest BCUT2D eigenvalue weighted by molar-refractivity contribution is 6.00. The quantitative estimate of drug-likeness (QED) is 0.744. The van der Waals surface area contributed by atoms with Crippen LogP contribution in [0.15, 0.2) is 42.5 Å². The molecule has 142 valence electrons. The third-order valence-electron chi connectivity index (χ3n) is 4.98. The zero-order valence-electron chi connectivity index (χ0n) is 15.6. The fourth-order valence-electron chi connectivity index (χ4n) is 3.39. The fraction of sp³-hybridized carbons (Fsp3) is 0.238. The van der Waals surface area contributed by atoms with E-state index in [2.05, 4.69) is 15.3 Å². The highest BCUT2D eigenvalue weighted by Crippen LogP contribution is 2.26. The number of aromatic nitrogens is 2. The van der Waals surface area contributed by atoms with E-state index in [1.54, 1.807) is 18.2 Å². The molecule has 2 amide bonds. The molecule has 0 bridgehead atoms. The molecule has 7 heteroatoms. The normalized spacial score (nSPS) is 16.9. The van der Waals surface area contributed by atoms with Gasteiger partial charge in [0.15, 0.2) is 0 Å². The van der Waals surface area contributed by atoms with Crippen LogP contribution >= 0.6 is 0 Å². The van der Waals surface area contributed by atoms with Crippen molar-refractivity contribution in [3.63, 3.8) is 0 Å². The van der Waals surface area contributed by atoms with Crippen molar-refractivity contribution in [2.45, 2.75) is 19.9 Å². The summed E-state index contributed by atoms with van der Waals surface area (Å²) in [4.78, 5) is 36.2. The van der Waals surface area contributed by atoms with Crippen molar-refractivity contribution >= 4 is 22.8 Å². The minimum atomic E-state index is -0.802. The number of benzene rings is 2. The van der Waals surface area contributed by atoms with E-state index >= 15 is 0 Å². The standard InChI is InChI=1S/C21H19FN4O2/c1-12-13(2)25-18-11-15(5-8-17(18)24-12)21(28)26-10-9-23-20(27)19(26)14-3-6-16(22)7-4-14/h3-8,11,19H,9-10H2,1-2H3,(H,23,27)/t19-/m1/s1. The van der Waals surface area contributed by atoms with Gasteiger partial charge in [0.2, 0.25) is 5.91 Å². The van der Waals surface area contributed by atoms with Crippen LogP contribution in [0.25, 0.3) is 11.0 Å². The number of carbonyl (C=O) groups excluding carboxylic acids is 2. The molecule has 4 rings (SSSR count). The third kappa shape index (κ3) is 3.19. The van der Waals surface area contributed by atoms with Crippen molar-refractivity contribution in [2.24, 2.45) is 0 Å². The van der Waals surface area contributed by atoms with Gasteiger partial charge in [0.25, 0.3) is 5.91 Å². The Morgan fingerprint density at radius 3 is 2.46 bits per heavy atom. The Bertz CT molecular complexity index is 1080. The molecule has 2 heterocycles. The zero-order chi connectivity index (χ0) is 19.8. The second-order valence-electron chi connectivity index (χ2n) is 6.84. The summed E-state index contributed by atoms with van der Waals surface area (Å²) in [6.45, 7) is 4.49. The molecule has 0 radical (unpaired) electrons. The maximum atomic E-state index is 13.3. The maximum Gasteiger partial charge on any atom is 0.254 e. The van der Waals surface area contributed by atoms with Gasteiger partial charge in [-0.15, -0.1) is 0 Å². The van der Waals surface area contributed by atoms with Crippen LogP contribution in [0, 0.1) is 19.7 Å². The van der Waals surface area contributed by atoms with E-state index in [0.717, 1.165) is 11.4 Å². The summed E-state index contributed by atoms with van der Waals surface area (Å²) in [5.74, 6) is -0.944. The van der Waals surface area contributed by atoms with Crippen molar-refractivity contribution in [2.75, 3.05) is 13.1 Å². The maximum absolute atomic E-state index is 13.3. The smallest absolute Gasteiger partial charge is 0.254 e. The molecule has 2 aromatic carbocycles. The van der Waals surface area contributed by atoms with E-state index in [1.165, 1.54) is 29.2 Å². The predicted octanol–water partition coefficient (Wildman–Crippen LogP) is 2.70. The van der Waals surface area contributed by atoms with Crippen molar-refractivity contribution in [3.8, 4) is 0 Å². The number of fused-ring (bicyclic) bond motifs is 1. The summed E-state index contributed by atoms with van der Waals surface area (Å²) in [5.41, 5.74) is 4.00. The summed E-state index contributed by atoms with van der Waals surface area (Å²) >= 11 is 0. The Labute approximate surface area is 161 Å². The number of carbonyl (C=O) groups is 2. The minimum absolute atomic E-state index is 0.272. The molecule has 0 aliphatic carbocycles. The van der Waals surface area contributed by atoms with E-state index in [4.69, 9.17) is 0 Å². The number of hydrogen-bond acceptors (Lipinski definition) is 4. The average Bonchev–Trinajstić information content (AvgIpc) is 2.69. The second-order valence-corrected chi connectivity index (χ2v) is 6.84. The number of hydrogen-bond donors (Lipinski definition) is 1. The van der Waals surface area contributed by atoms with Crippen LogP contribution in [0.3, 0.4) is 0 Å². The number of amides is 2. The first-order valence-electron chi connectivity index (χ1n) is 9.03. The van der Waals surface area contributed by atoms with Gasteiger partial charge < -0.3 is 10.2 Å². The van der Waals surface area contributed by atoms with Crippen LogP contribution in [-0.2, 0) is 4.79 Å². The van der Waals surface area contributed by atoms with Gasteiger partial charge in [-0.1, -0.05) is 12.1 Å². The molecule has 1 aromatic heterocycles. The summed E-state index contributed by atoms with van der Waals surface area (Å²) in [5, 5.41) is 2.78. The van der Waals surface area contributed by atoms with Crippen LogP contribution in [0.1, 0.15) is 33.4 Å². The Morgan fingerprint density at radius 1 is 1.07 bits per heavy atom. The molecular weight excluding hydrogens is 359 g/mol. The lowest BCUT2D eigenvalue weighted by Crippen LogP contribution is -2.52. The van der Waals surface area contributed by atoms with Gasteiger partial charge >= 0.3 is 0 Å². The number of rotatable bonds is 2. The topological polar surface area (TPSA) is 75.2 Å². The van der Waals surface area contributed by atoms with Gasteiger partial charge in [-0.25, -0.2) is 14.4 Å². The first-order valence-corrected chi connectivity index (χ1v) is 9.03. The number of nitrogens with zero attached hydrogens (tertiary/aromatic N) is 3. The van der Waals surface area contributed by atoms with Crippen molar-refractivity contribution in [1.29, 1.82) is 0 Å². The lowest BCUT2D eigenvalue weighted by molar-refractivity contribution is -0.128. The fourth-order valence-corrected chi connectivity index (χ4v) is 3.39. The SMILES string of the molecule is Cc1nc2ccc(C(=O)N3CCNC(=O)[C@H]3c3ccc(F)cc3)cc2nc1C. The van der Waals surface area contributed by atoms with Gasteiger partial charge in [-0.2, -0.15) is 0 Å². The molecule has 1 aliphatic heterocycles. The highest BCUT2D eigenvalue weighted by atomic mass is 19.1.